The molecule has 0 aromatic carbocycles. The minimum atomic E-state index is -0.248. The van der Waals surface area contributed by atoms with Crippen molar-refractivity contribution >= 4 is 5.91 Å². The molecule has 0 saturated carbocycles. The van der Waals surface area contributed by atoms with Crippen LogP contribution in [0.15, 0.2) is 0 Å². The van der Waals surface area contributed by atoms with Gasteiger partial charge in [0.25, 0.3) is 0 Å². The summed E-state index contributed by atoms with van der Waals surface area (Å²) in [5.41, 5.74) is 10.8. The van der Waals surface area contributed by atoms with E-state index in [4.69, 9.17) is 5.73 Å². The van der Waals surface area contributed by atoms with Crippen molar-refractivity contribution in [2.45, 2.75) is 19.4 Å². The lowest BCUT2D eigenvalue weighted by Gasteiger charge is -2.22. The van der Waals surface area contributed by atoms with Crippen LogP contribution in [0.3, 0.4) is 0 Å². The zero-order chi connectivity index (χ0) is 7.78. The molecular formula is C6H13N3O. The molecule has 1 rings (SSSR count). The number of carbonyl (C=O) groups excluding carboxylic acids is 1. The molecule has 1 amide bonds. The van der Waals surface area contributed by atoms with Crippen molar-refractivity contribution in [3.05, 3.63) is 0 Å². The maximum absolute atomic E-state index is 10.8. The van der Waals surface area contributed by atoms with Crippen molar-refractivity contribution < 1.29 is 4.79 Å². The Morgan fingerprint density at radius 2 is 2.30 bits per heavy atom. The van der Waals surface area contributed by atoms with Gasteiger partial charge in [-0.15, -0.1) is 0 Å². The van der Waals surface area contributed by atoms with Crippen LogP contribution in [0.5, 0.6) is 0 Å². The highest BCUT2D eigenvalue weighted by molar-refractivity contribution is 5.78. The van der Waals surface area contributed by atoms with E-state index in [1.54, 1.807) is 0 Å². The maximum atomic E-state index is 10.8. The first-order valence-corrected chi connectivity index (χ1v) is 3.33. The second-order valence-corrected chi connectivity index (χ2v) is 3.18. The van der Waals surface area contributed by atoms with Gasteiger partial charge in [0.2, 0.25) is 5.91 Å². The highest BCUT2D eigenvalue weighted by Crippen LogP contribution is 2.18. The Morgan fingerprint density at radius 3 is 2.50 bits per heavy atom. The number of nitrogens with two attached hydrogens (primary N) is 1. The van der Waals surface area contributed by atoms with Gasteiger partial charge in [0, 0.05) is 12.1 Å². The molecule has 4 N–H and O–H groups in total. The maximum Gasteiger partial charge on any atom is 0.223 e. The number of rotatable bonds is 1. The van der Waals surface area contributed by atoms with Crippen molar-refractivity contribution in [2.75, 3.05) is 6.54 Å². The molecular weight excluding hydrogens is 130 g/mol. The summed E-state index contributed by atoms with van der Waals surface area (Å²) >= 11 is 0. The van der Waals surface area contributed by atoms with E-state index < -0.39 is 0 Å². The second kappa shape index (κ2) is 2.21. The van der Waals surface area contributed by atoms with Crippen LogP contribution in [0.2, 0.25) is 0 Å². The summed E-state index contributed by atoms with van der Waals surface area (Å²) in [5.74, 6) is -0.352. The highest BCUT2D eigenvalue weighted by Gasteiger charge is 2.37. The predicted octanol–water partition coefficient (Wildman–Crippen LogP) is -1.03. The second-order valence-electron chi connectivity index (χ2n) is 3.18. The Morgan fingerprint density at radius 1 is 1.70 bits per heavy atom. The van der Waals surface area contributed by atoms with E-state index in [1.165, 1.54) is 0 Å². The molecule has 4 nitrogen and oxygen atoms in total. The fourth-order valence-corrected chi connectivity index (χ4v) is 1.18. The molecule has 0 aliphatic carbocycles. The first kappa shape index (κ1) is 7.50. The van der Waals surface area contributed by atoms with Gasteiger partial charge < -0.3 is 5.73 Å². The van der Waals surface area contributed by atoms with Crippen LogP contribution in [0.4, 0.5) is 0 Å². The zero-order valence-electron chi connectivity index (χ0n) is 6.27. The largest absolute Gasteiger partial charge is 0.369 e. The quantitative estimate of drug-likeness (QED) is 0.440. The molecule has 0 aromatic heterocycles. The molecule has 1 aliphatic heterocycles. The van der Waals surface area contributed by atoms with Crippen LogP contribution in [0.25, 0.3) is 0 Å². The SMILES string of the molecule is CC1(C)NNCC1C(N)=O. The number of hydrazine groups is 1. The lowest BCUT2D eigenvalue weighted by Crippen LogP contribution is -2.45. The summed E-state index contributed by atoms with van der Waals surface area (Å²) in [6.07, 6.45) is 0. The number of hydrogen-bond donors (Lipinski definition) is 3. The van der Waals surface area contributed by atoms with E-state index in [2.05, 4.69) is 10.9 Å². The Bertz CT molecular complexity index is 155. The number of carbonyl (C=O) groups is 1. The summed E-state index contributed by atoms with van der Waals surface area (Å²) < 4.78 is 0. The molecule has 1 heterocycles. The predicted molar refractivity (Wildman–Crippen MR) is 37.9 cm³/mol. The van der Waals surface area contributed by atoms with Crippen LogP contribution >= 0.6 is 0 Å². The summed E-state index contributed by atoms with van der Waals surface area (Å²) in [5, 5.41) is 0. The third-order valence-electron chi connectivity index (χ3n) is 1.93. The van der Waals surface area contributed by atoms with Crippen LogP contribution in [-0.4, -0.2) is 18.0 Å². The molecule has 0 bridgehead atoms. The molecule has 1 unspecified atom stereocenters. The van der Waals surface area contributed by atoms with Crippen LogP contribution in [-0.2, 0) is 4.79 Å². The summed E-state index contributed by atoms with van der Waals surface area (Å²) in [6.45, 7) is 4.52. The number of primary amides is 1. The van der Waals surface area contributed by atoms with Gasteiger partial charge in [-0.2, -0.15) is 0 Å². The first-order valence-electron chi connectivity index (χ1n) is 3.33. The number of amides is 1. The molecule has 0 aromatic rings. The monoisotopic (exact) mass is 143 g/mol. The summed E-state index contributed by atoms with van der Waals surface area (Å²) in [7, 11) is 0. The third-order valence-corrected chi connectivity index (χ3v) is 1.93. The minimum absolute atomic E-state index is 0.104. The number of nitrogens with one attached hydrogen (secondary N) is 2. The van der Waals surface area contributed by atoms with Crippen molar-refractivity contribution in [1.82, 2.24) is 10.9 Å². The lowest BCUT2D eigenvalue weighted by atomic mass is 9.89. The topological polar surface area (TPSA) is 67.2 Å². The highest BCUT2D eigenvalue weighted by atomic mass is 16.1. The molecule has 1 saturated heterocycles. The van der Waals surface area contributed by atoms with Gasteiger partial charge in [-0.3, -0.25) is 15.6 Å². The van der Waals surface area contributed by atoms with E-state index in [-0.39, 0.29) is 17.4 Å². The van der Waals surface area contributed by atoms with Crippen LogP contribution < -0.4 is 16.6 Å². The Kier molecular flexibility index (Phi) is 1.66. The van der Waals surface area contributed by atoms with E-state index in [9.17, 15) is 4.79 Å². The first-order chi connectivity index (χ1) is 4.54. The van der Waals surface area contributed by atoms with Crippen molar-refractivity contribution in [1.29, 1.82) is 0 Å². The van der Waals surface area contributed by atoms with Crippen LogP contribution in [0.1, 0.15) is 13.8 Å². The van der Waals surface area contributed by atoms with Gasteiger partial charge in [-0.05, 0) is 13.8 Å². The summed E-state index contributed by atoms with van der Waals surface area (Å²) in [4.78, 5) is 10.8. The molecule has 1 fully saturated rings. The normalized spacial score (nSPS) is 30.4. The van der Waals surface area contributed by atoms with Gasteiger partial charge in [0.15, 0.2) is 0 Å². The van der Waals surface area contributed by atoms with Gasteiger partial charge in [-0.1, -0.05) is 0 Å². The molecule has 10 heavy (non-hydrogen) atoms. The standard InChI is InChI=1S/C6H13N3O/c1-6(2)4(5(7)10)3-8-9-6/h4,8-9H,3H2,1-2H3,(H2,7,10). The zero-order valence-corrected chi connectivity index (χ0v) is 6.27. The van der Waals surface area contributed by atoms with Crippen molar-refractivity contribution in [3.63, 3.8) is 0 Å². The Labute approximate surface area is 60.1 Å². The van der Waals surface area contributed by atoms with Gasteiger partial charge in [-0.25, -0.2) is 0 Å². The van der Waals surface area contributed by atoms with Gasteiger partial charge >= 0.3 is 0 Å². The molecule has 0 radical (unpaired) electrons. The molecule has 1 aliphatic rings. The van der Waals surface area contributed by atoms with E-state index in [0.29, 0.717) is 6.54 Å². The lowest BCUT2D eigenvalue weighted by molar-refractivity contribution is -0.122. The fourth-order valence-electron chi connectivity index (χ4n) is 1.18. The Hall–Kier alpha value is -0.610. The molecule has 4 heteroatoms. The average Bonchev–Trinajstić information content (AvgIpc) is 2.08. The van der Waals surface area contributed by atoms with Gasteiger partial charge in [0.1, 0.15) is 0 Å². The van der Waals surface area contributed by atoms with Gasteiger partial charge in [0.05, 0.1) is 5.92 Å². The van der Waals surface area contributed by atoms with Crippen molar-refractivity contribution in [3.8, 4) is 0 Å². The average molecular weight is 143 g/mol. The Balaban J connectivity index is 2.68. The third kappa shape index (κ3) is 1.12. The molecule has 0 spiro atoms. The van der Waals surface area contributed by atoms with E-state index >= 15 is 0 Å². The van der Waals surface area contributed by atoms with Crippen LogP contribution in [0, 0.1) is 5.92 Å². The smallest absolute Gasteiger partial charge is 0.223 e. The number of hydrogen-bond acceptors (Lipinski definition) is 3. The fraction of sp³-hybridized carbons (Fsp3) is 0.833. The van der Waals surface area contributed by atoms with E-state index in [0.717, 1.165) is 0 Å². The molecule has 1 atom stereocenters. The van der Waals surface area contributed by atoms with Crippen molar-refractivity contribution in [2.24, 2.45) is 11.7 Å². The minimum Gasteiger partial charge on any atom is -0.369 e. The molecule has 58 valence electrons. The summed E-state index contributed by atoms with van der Waals surface area (Å²) in [6, 6.07) is 0. The van der Waals surface area contributed by atoms with E-state index in [1.807, 2.05) is 13.8 Å².